The van der Waals surface area contributed by atoms with Gasteiger partial charge in [-0.25, -0.2) is 4.39 Å². The van der Waals surface area contributed by atoms with Crippen molar-refractivity contribution in [2.45, 2.75) is 38.0 Å². The van der Waals surface area contributed by atoms with Gasteiger partial charge in [-0.3, -0.25) is 19.3 Å². The SMILES string of the molecule is CCCNC(=O)[C@H]1COC2(CCN(C(=O)c3cccc(F)c3)CC2)N1C(=O)c1cccc(OC)c1. The topological polar surface area (TPSA) is 88.2 Å². The third-order valence-electron chi connectivity index (χ3n) is 6.55. The fourth-order valence-corrected chi connectivity index (χ4v) is 4.69. The van der Waals surface area contributed by atoms with Crippen LogP contribution in [-0.2, 0) is 9.53 Å². The van der Waals surface area contributed by atoms with Gasteiger partial charge in [0.2, 0.25) is 5.91 Å². The molecule has 1 atom stereocenters. The minimum Gasteiger partial charge on any atom is -0.497 e. The quantitative estimate of drug-likeness (QED) is 0.683. The number of likely N-dealkylation sites (tertiary alicyclic amines) is 1. The largest absolute Gasteiger partial charge is 0.497 e. The molecular formula is C26H30FN3O5. The van der Waals surface area contributed by atoms with Gasteiger partial charge in [-0.15, -0.1) is 0 Å². The third-order valence-corrected chi connectivity index (χ3v) is 6.55. The van der Waals surface area contributed by atoms with Gasteiger partial charge in [-0.2, -0.15) is 0 Å². The number of benzene rings is 2. The van der Waals surface area contributed by atoms with Crippen molar-refractivity contribution in [2.75, 3.05) is 33.4 Å². The van der Waals surface area contributed by atoms with Crippen LogP contribution in [0.1, 0.15) is 46.9 Å². The molecule has 186 valence electrons. The molecule has 4 rings (SSSR count). The van der Waals surface area contributed by atoms with Crippen molar-refractivity contribution in [3.8, 4) is 5.75 Å². The first kappa shape index (κ1) is 24.7. The summed E-state index contributed by atoms with van der Waals surface area (Å²) in [7, 11) is 1.52. The third kappa shape index (κ3) is 5.00. The molecule has 35 heavy (non-hydrogen) atoms. The lowest BCUT2D eigenvalue weighted by Crippen LogP contribution is -2.59. The lowest BCUT2D eigenvalue weighted by Gasteiger charge is -2.44. The fraction of sp³-hybridized carbons (Fsp3) is 0.423. The van der Waals surface area contributed by atoms with E-state index in [0.717, 1.165) is 6.42 Å². The van der Waals surface area contributed by atoms with Crippen LogP contribution in [0.2, 0.25) is 0 Å². The van der Waals surface area contributed by atoms with Gasteiger partial charge in [-0.1, -0.05) is 19.1 Å². The van der Waals surface area contributed by atoms with E-state index in [9.17, 15) is 18.8 Å². The first-order chi connectivity index (χ1) is 16.9. The maximum absolute atomic E-state index is 13.7. The maximum Gasteiger partial charge on any atom is 0.257 e. The Morgan fingerprint density at radius 3 is 2.43 bits per heavy atom. The van der Waals surface area contributed by atoms with E-state index in [2.05, 4.69) is 5.32 Å². The summed E-state index contributed by atoms with van der Waals surface area (Å²) in [5.41, 5.74) is -0.359. The van der Waals surface area contributed by atoms with Crippen molar-refractivity contribution >= 4 is 17.7 Å². The van der Waals surface area contributed by atoms with Crippen molar-refractivity contribution in [3.05, 3.63) is 65.5 Å². The van der Waals surface area contributed by atoms with E-state index in [-0.39, 0.29) is 29.9 Å². The summed E-state index contributed by atoms with van der Waals surface area (Å²) >= 11 is 0. The molecule has 0 radical (unpaired) electrons. The summed E-state index contributed by atoms with van der Waals surface area (Å²) in [4.78, 5) is 42.8. The van der Waals surface area contributed by atoms with Crippen molar-refractivity contribution in [1.82, 2.24) is 15.1 Å². The van der Waals surface area contributed by atoms with Crippen LogP contribution in [0.15, 0.2) is 48.5 Å². The van der Waals surface area contributed by atoms with E-state index in [1.54, 1.807) is 35.2 Å². The Kier molecular flexibility index (Phi) is 7.35. The number of methoxy groups -OCH3 is 1. The number of carbonyl (C=O) groups is 3. The van der Waals surface area contributed by atoms with Crippen LogP contribution in [-0.4, -0.2) is 72.6 Å². The maximum atomic E-state index is 13.7. The van der Waals surface area contributed by atoms with Gasteiger partial charge < -0.3 is 19.7 Å². The van der Waals surface area contributed by atoms with Crippen molar-refractivity contribution in [3.63, 3.8) is 0 Å². The zero-order chi connectivity index (χ0) is 25.0. The number of amides is 3. The van der Waals surface area contributed by atoms with Crippen LogP contribution in [0.3, 0.4) is 0 Å². The van der Waals surface area contributed by atoms with E-state index in [4.69, 9.17) is 9.47 Å². The molecule has 3 amide bonds. The molecule has 2 aliphatic rings. The van der Waals surface area contributed by atoms with E-state index in [1.165, 1.54) is 30.2 Å². The number of hydrogen-bond acceptors (Lipinski definition) is 5. The van der Waals surface area contributed by atoms with E-state index >= 15 is 0 Å². The summed E-state index contributed by atoms with van der Waals surface area (Å²) < 4.78 is 25.1. The van der Waals surface area contributed by atoms with Gasteiger partial charge in [-0.05, 0) is 42.8 Å². The monoisotopic (exact) mass is 483 g/mol. The van der Waals surface area contributed by atoms with Gasteiger partial charge >= 0.3 is 0 Å². The average Bonchev–Trinajstić information content (AvgIpc) is 3.25. The predicted molar refractivity (Wildman–Crippen MR) is 126 cm³/mol. The molecule has 1 N–H and O–H groups in total. The highest BCUT2D eigenvalue weighted by atomic mass is 19.1. The molecule has 2 aliphatic heterocycles. The van der Waals surface area contributed by atoms with Crippen molar-refractivity contribution in [1.29, 1.82) is 0 Å². The minimum absolute atomic E-state index is 0.0725. The first-order valence-electron chi connectivity index (χ1n) is 11.8. The van der Waals surface area contributed by atoms with Crippen LogP contribution < -0.4 is 10.1 Å². The number of piperidine rings is 1. The molecule has 2 aromatic rings. The zero-order valence-electron chi connectivity index (χ0n) is 20.0. The molecule has 8 nitrogen and oxygen atoms in total. The second kappa shape index (κ2) is 10.4. The van der Waals surface area contributed by atoms with Gasteiger partial charge in [0.05, 0.1) is 13.7 Å². The molecule has 1 spiro atoms. The van der Waals surface area contributed by atoms with Gasteiger partial charge in [0.15, 0.2) is 0 Å². The van der Waals surface area contributed by atoms with Crippen LogP contribution in [0.4, 0.5) is 4.39 Å². The standard InChI is InChI=1S/C26H30FN3O5/c1-3-12-28-23(31)22-17-35-26(30(22)25(33)19-7-5-9-21(16-19)34-2)10-13-29(14-11-26)24(32)18-6-4-8-20(27)15-18/h4-9,15-16,22H,3,10-14,17H2,1-2H3,(H,28,31)/t22-/m1/s1. The Morgan fingerprint density at radius 2 is 1.77 bits per heavy atom. The molecule has 0 aromatic heterocycles. The number of nitrogens with one attached hydrogen (secondary N) is 1. The van der Waals surface area contributed by atoms with E-state index < -0.39 is 17.6 Å². The summed E-state index contributed by atoms with van der Waals surface area (Å²) in [5, 5.41) is 2.87. The Balaban J connectivity index is 1.58. The van der Waals surface area contributed by atoms with Crippen LogP contribution in [0.5, 0.6) is 5.75 Å². The van der Waals surface area contributed by atoms with E-state index in [0.29, 0.717) is 43.8 Å². The number of rotatable bonds is 6. The summed E-state index contributed by atoms with van der Waals surface area (Å²) in [6.45, 7) is 3.14. The Labute approximate surface area is 204 Å². The van der Waals surface area contributed by atoms with Crippen molar-refractivity contribution < 1.29 is 28.2 Å². The lowest BCUT2D eigenvalue weighted by molar-refractivity contribution is -0.128. The smallest absolute Gasteiger partial charge is 0.257 e. The van der Waals surface area contributed by atoms with Gasteiger partial charge in [0, 0.05) is 43.6 Å². The van der Waals surface area contributed by atoms with Gasteiger partial charge in [0.1, 0.15) is 23.3 Å². The molecule has 2 saturated heterocycles. The Bertz CT molecular complexity index is 1100. The zero-order valence-corrected chi connectivity index (χ0v) is 20.0. The molecule has 2 heterocycles. The first-order valence-corrected chi connectivity index (χ1v) is 11.8. The highest BCUT2D eigenvalue weighted by molar-refractivity contribution is 5.99. The minimum atomic E-state index is -1.02. The molecule has 0 unspecified atom stereocenters. The molecule has 2 fully saturated rings. The number of halogens is 1. The molecule has 9 heteroatoms. The number of nitrogens with zero attached hydrogens (tertiary/aromatic N) is 2. The van der Waals surface area contributed by atoms with Crippen molar-refractivity contribution in [2.24, 2.45) is 0 Å². The normalized spacial score (nSPS) is 19.0. The van der Waals surface area contributed by atoms with Crippen LogP contribution in [0.25, 0.3) is 0 Å². The molecule has 0 bridgehead atoms. The highest BCUT2D eigenvalue weighted by Gasteiger charge is 2.54. The number of hydrogen-bond donors (Lipinski definition) is 1. The van der Waals surface area contributed by atoms with Crippen LogP contribution in [0, 0.1) is 5.82 Å². The summed E-state index contributed by atoms with van der Waals surface area (Å²) in [6, 6.07) is 11.6. The number of carbonyl (C=O) groups excluding carboxylic acids is 3. The highest BCUT2D eigenvalue weighted by Crippen LogP contribution is 2.39. The van der Waals surface area contributed by atoms with E-state index in [1.807, 2.05) is 6.92 Å². The lowest BCUT2D eigenvalue weighted by atomic mass is 9.96. The molecular weight excluding hydrogens is 453 g/mol. The Morgan fingerprint density at radius 1 is 1.09 bits per heavy atom. The second-order valence-electron chi connectivity index (χ2n) is 8.77. The number of ether oxygens (including phenoxy) is 2. The fourth-order valence-electron chi connectivity index (χ4n) is 4.69. The van der Waals surface area contributed by atoms with Gasteiger partial charge in [0.25, 0.3) is 11.8 Å². The molecule has 0 aliphatic carbocycles. The second-order valence-corrected chi connectivity index (χ2v) is 8.77. The molecule has 2 aromatic carbocycles. The molecule has 0 saturated carbocycles. The summed E-state index contributed by atoms with van der Waals surface area (Å²) in [5.74, 6) is -0.812. The predicted octanol–water partition coefficient (Wildman–Crippen LogP) is 2.83. The van der Waals surface area contributed by atoms with Crippen LogP contribution >= 0.6 is 0 Å². The Hall–Kier alpha value is -3.46. The average molecular weight is 484 g/mol. The summed E-state index contributed by atoms with van der Waals surface area (Å²) in [6.07, 6.45) is 1.44.